The van der Waals surface area contributed by atoms with Crippen LogP contribution in [0.3, 0.4) is 0 Å². The van der Waals surface area contributed by atoms with Crippen molar-refractivity contribution in [2.75, 3.05) is 39.6 Å². The number of phosphoric acid groups is 2. The van der Waals surface area contributed by atoms with Crippen LogP contribution in [-0.2, 0) is 65.4 Å². The van der Waals surface area contributed by atoms with E-state index in [1.165, 1.54) is 109 Å². The Morgan fingerprint density at radius 2 is 0.590 bits per heavy atom. The van der Waals surface area contributed by atoms with Gasteiger partial charge in [-0.05, 0) is 31.6 Å². The van der Waals surface area contributed by atoms with Gasteiger partial charge in [0.05, 0.1) is 26.4 Å². The van der Waals surface area contributed by atoms with Gasteiger partial charge in [-0.1, -0.05) is 240 Å². The van der Waals surface area contributed by atoms with Crippen molar-refractivity contribution in [2.24, 2.45) is 5.92 Å². The molecule has 0 aliphatic rings. The zero-order chi connectivity index (χ0) is 57.8. The van der Waals surface area contributed by atoms with Crippen LogP contribution in [0.15, 0.2) is 0 Å². The minimum Gasteiger partial charge on any atom is -0.462 e. The van der Waals surface area contributed by atoms with Crippen LogP contribution in [0, 0.1) is 5.92 Å². The summed E-state index contributed by atoms with van der Waals surface area (Å²) in [6, 6.07) is 0. The summed E-state index contributed by atoms with van der Waals surface area (Å²) in [6.45, 7) is 6.99. The summed E-state index contributed by atoms with van der Waals surface area (Å²) in [4.78, 5) is 71.4. The van der Waals surface area contributed by atoms with E-state index >= 15 is 0 Å². The highest BCUT2D eigenvalue weighted by molar-refractivity contribution is 7.47. The van der Waals surface area contributed by atoms with Gasteiger partial charge in [-0.25, -0.2) is 9.13 Å². The Hall–Kier alpha value is -1.94. The molecule has 0 bridgehead atoms. The van der Waals surface area contributed by atoms with Crippen molar-refractivity contribution >= 4 is 39.5 Å². The zero-order valence-corrected chi connectivity index (χ0v) is 51.6. The van der Waals surface area contributed by atoms with Gasteiger partial charge in [0.25, 0.3) is 0 Å². The fraction of sp³-hybridized carbons (Fsp3) is 0.932. The lowest BCUT2D eigenvalue weighted by Gasteiger charge is -2.21. The molecule has 19 heteroatoms. The Morgan fingerprint density at radius 1 is 0.346 bits per heavy atom. The summed E-state index contributed by atoms with van der Waals surface area (Å²) in [6.07, 6.45) is 35.6. The molecule has 0 aliphatic heterocycles. The Morgan fingerprint density at radius 3 is 0.872 bits per heavy atom. The monoisotopic (exact) mass is 1160 g/mol. The summed E-state index contributed by atoms with van der Waals surface area (Å²) in [5.74, 6) is -1.37. The lowest BCUT2D eigenvalue weighted by atomic mass is 10.0. The number of carbonyl (C=O) groups is 4. The number of esters is 4. The lowest BCUT2D eigenvalue weighted by Crippen LogP contribution is -2.30. The van der Waals surface area contributed by atoms with E-state index in [0.717, 1.165) is 102 Å². The van der Waals surface area contributed by atoms with E-state index in [2.05, 4.69) is 34.6 Å². The van der Waals surface area contributed by atoms with Crippen LogP contribution in [0.25, 0.3) is 0 Å². The second-order valence-electron chi connectivity index (χ2n) is 21.9. The number of aliphatic hydroxyl groups is 1. The number of hydrogen-bond donors (Lipinski definition) is 3. The van der Waals surface area contributed by atoms with Crippen molar-refractivity contribution in [1.29, 1.82) is 0 Å². The van der Waals surface area contributed by atoms with Gasteiger partial charge in [0.2, 0.25) is 0 Å². The van der Waals surface area contributed by atoms with Gasteiger partial charge in [0, 0.05) is 25.7 Å². The van der Waals surface area contributed by atoms with Crippen LogP contribution < -0.4 is 0 Å². The van der Waals surface area contributed by atoms with Gasteiger partial charge >= 0.3 is 39.5 Å². The fourth-order valence-corrected chi connectivity index (χ4v) is 10.3. The standard InChI is InChI=1S/C59H114O17P2/c1-6-9-12-15-16-17-22-26-29-34-38-43-57(62)70-49-55(76-59(64)45-40-35-30-27-24-21-19-18-20-23-25-28-33-36-41-52(4)5)51-74-78(67,68)72-47-53(60)46-71-77(65,66)73-50-54(75-58(63)44-39-32-14-11-8-3)48-69-56(61)42-37-31-13-10-7-2/h52-55,60H,6-51H2,1-5H3,(H,65,66)(H,67,68)/t53-,54+,55+/m0/s1. The Kier molecular flexibility index (Phi) is 51.8. The molecule has 17 nitrogen and oxygen atoms in total. The third-order valence-electron chi connectivity index (χ3n) is 13.5. The third kappa shape index (κ3) is 53.4. The predicted molar refractivity (Wildman–Crippen MR) is 308 cm³/mol. The van der Waals surface area contributed by atoms with Gasteiger partial charge in [0.1, 0.15) is 19.3 Å². The first kappa shape index (κ1) is 76.1. The summed E-state index contributed by atoms with van der Waals surface area (Å²) in [5.41, 5.74) is 0. The molecule has 0 fully saturated rings. The highest BCUT2D eigenvalue weighted by Gasteiger charge is 2.30. The van der Waals surface area contributed by atoms with Crippen LogP contribution in [0.1, 0.15) is 291 Å². The molecule has 0 saturated carbocycles. The van der Waals surface area contributed by atoms with Crippen molar-refractivity contribution in [2.45, 2.75) is 310 Å². The molecule has 3 N–H and O–H groups in total. The van der Waals surface area contributed by atoms with E-state index in [0.29, 0.717) is 25.7 Å². The van der Waals surface area contributed by atoms with E-state index in [1.807, 2.05) is 0 Å². The van der Waals surface area contributed by atoms with Crippen molar-refractivity contribution in [1.82, 2.24) is 0 Å². The number of ether oxygens (including phenoxy) is 4. The number of aliphatic hydroxyl groups excluding tert-OH is 1. The second-order valence-corrected chi connectivity index (χ2v) is 24.8. The van der Waals surface area contributed by atoms with Gasteiger partial charge in [-0.2, -0.15) is 0 Å². The Balaban J connectivity index is 5.10. The van der Waals surface area contributed by atoms with E-state index in [4.69, 9.17) is 37.0 Å². The minimum atomic E-state index is -4.94. The smallest absolute Gasteiger partial charge is 0.462 e. The van der Waals surface area contributed by atoms with Crippen molar-refractivity contribution in [3.8, 4) is 0 Å². The van der Waals surface area contributed by atoms with E-state index < -0.39 is 97.5 Å². The minimum absolute atomic E-state index is 0.0988. The molecule has 0 spiro atoms. The SMILES string of the molecule is CCCCCCCCCCCCCC(=O)OC[C@H](COP(=O)(O)OC[C@@H](O)COP(=O)(O)OC[C@@H](COC(=O)CCCCCCC)OC(=O)CCCCCCC)OC(=O)CCCCCCCCCCCCCCCCC(C)C. The summed E-state index contributed by atoms with van der Waals surface area (Å²) in [7, 11) is -9.86. The summed E-state index contributed by atoms with van der Waals surface area (Å²) >= 11 is 0. The molecule has 0 aromatic carbocycles. The fourth-order valence-electron chi connectivity index (χ4n) is 8.70. The van der Waals surface area contributed by atoms with Gasteiger partial charge in [-0.15, -0.1) is 0 Å². The molecule has 0 aromatic heterocycles. The van der Waals surface area contributed by atoms with Crippen LogP contribution in [0.4, 0.5) is 0 Å². The van der Waals surface area contributed by atoms with E-state index in [1.54, 1.807) is 0 Å². The first-order valence-electron chi connectivity index (χ1n) is 31.1. The number of unbranched alkanes of at least 4 members (excludes halogenated alkanes) is 31. The van der Waals surface area contributed by atoms with E-state index in [-0.39, 0.29) is 25.7 Å². The first-order valence-corrected chi connectivity index (χ1v) is 34.1. The normalized spacial score (nSPS) is 14.4. The maximum atomic E-state index is 12.9. The van der Waals surface area contributed by atoms with Crippen LogP contribution in [0.2, 0.25) is 0 Å². The number of hydrogen-bond acceptors (Lipinski definition) is 15. The third-order valence-corrected chi connectivity index (χ3v) is 15.4. The van der Waals surface area contributed by atoms with Crippen LogP contribution in [0.5, 0.6) is 0 Å². The molecule has 462 valence electrons. The number of carbonyl (C=O) groups excluding carboxylic acids is 4. The molecule has 78 heavy (non-hydrogen) atoms. The van der Waals surface area contributed by atoms with Gasteiger partial charge in [-0.3, -0.25) is 37.3 Å². The molecular formula is C59H114O17P2. The molecule has 2 unspecified atom stereocenters. The Labute approximate surface area is 473 Å². The average molecular weight is 1160 g/mol. The first-order chi connectivity index (χ1) is 37.5. The molecule has 0 heterocycles. The second kappa shape index (κ2) is 53.1. The molecule has 0 aliphatic carbocycles. The van der Waals surface area contributed by atoms with Crippen LogP contribution in [-0.4, -0.2) is 96.7 Å². The highest BCUT2D eigenvalue weighted by Crippen LogP contribution is 2.45. The quantitative estimate of drug-likeness (QED) is 0.0222. The van der Waals surface area contributed by atoms with E-state index in [9.17, 15) is 43.2 Å². The largest absolute Gasteiger partial charge is 0.472 e. The summed E-state index contributed by atoms with van der Waals surface area (Å²) < 4.78 is 67.4. The maximum Gasteiger partial charge on any atom is 0.472 e. The number of phosphoric ester groups is 2. The molecular weight excluding hydrogens is 1040 g/mol. The van der Waals surface area contributed by atoms with Gasteiger partial charge in [0.15, 0.2) is 12.2 Å². The van der Waals surface area contributed by atoms with Crippen molar-refractivity contribution in [3.05, 3.63) is 0 Å². The Bertz CT molecular complexity index is 1530. The molecule has 0 rings (SSSR count). The number of rotatable bonds is 59. The topological polar surface area (TPSA) is 237 Å². The highest BCUT2D eigenvalue weighted by atomic mass is 31.2. The van der Waals surface area contributed by atoms with Crippen molar-refractivity contribution in [3.63, 3.8) is 0 Å². The van der Waals surface area contributed by atoms with Gasteiger partial charge < -0.3 is 33.8 Å². The molecule has 0 aromatic rings. The predicted octanol–water partition coefficient (Wildman–Crippen LogP) is 15.8. The zero-order valence-electron chi connectivity index (χ0n) is 49.8. The molecule has 0 radical (unpaired) electrons. The molecule has 0 amide bonds. The average Bonchev–Trinajstić information content (AvgIpc) is 3.40. The summed E-state index contributed by atoms with van der Waals surface area (Å²) in [5, 5.41) is 10.5. The van der Waals surface area contributed by atoms with Crippen molar-refractivity contribution < 1.29 is 80.2 Å². The molecule has 5 atom stereocenters. The van der Waals surface area contributed by atoms with Crippen LogP contribution >= 0.6 is 15.6 Å². The maximum absolute atomic E-state index is 12.9. The lowest BCUT2D eigenvalue weighted by molar-refractivity contribution is -0.161. The molecule has 0 saturated heterocycles.